The van der Waals surface area contributed by atoms with Gasteiger partial charge in [0.25, 0.3) is 0 Å². The molecule has 0 aliphatic carbocycles. The molecule has 0 aliphatic heterocycles. The maximum Gasteiger partial charge on any atom is 0.377 e. The average molecular weight is 415 g/mol. The van der Waals surface area contributed by atoms with Crippen LogP contribution in [0.4, 0.5) is 15.9 Å². The molecule has 24 heavy (non-hydrogen) atoms. The van der Waals surface area contributed by atoms with Gasteiger partial charge < -0.3 is 4.84 Å². The largest absolute Gasteiger partial charge is 0.377 e. The van der Waals surface area contributed by atoms with Gasteiger partial charge in [-0.05, 0) is 52.7 Å². The molecule has 5 nitrogen and oxygen atoms in total. The molecule has 0 unspecified atom stereocenters. The molecule has 1 N–H and O–H groups in total. The van der Waals surface area contributed by atoms with Gasteiger partial charge in [-0.1, -0.05) is 24.9 Å². The van der Waals surface area contributed by atoms with Crippen LogP contribution in [0, 0.1) is 11.2 Å². The number of nitrogens with one attached hydrogen (secondary N) is 1. The van der Waals surface area contributed by atoms with E-state index in [0.29, 0.717) is 24.3 Å². The molecule has 126 valence electrons. The number of carbonyl (C=O) groups excluding carboxylic acids is 1. The summed E-state index contributed by atoms with van der Waals surface area (Å²) < 4.78 is 14.1. The van der Waals surface area contributed by atoms with Gasteiger partial charge in [-0.3, -0.25) is 5.41 Å². The van der Waals surface area contributed by atoms with E-state index in [2.05, 4.69) is 20.9 Å². The first-order chi connectivity index (χ1) is 11.4. The van der Waals surface area contributed by atoms with Crippen molar-refractivity contribution in [2.24, 2.45) is 0 Å². The smallest absolute Gasteiger partial charge is 0.328 e. The number of hydrogen-bond donors (Lipinski definition) is 1. The second-order valence-electron chi connectivity index (χ2n) is 4.83. The fourth-order valence-electron chi connectivity index (χ4n) is 1.82. The molecule has 0 spiro atoms. The summed E-state index contributed by atoms with van der Waals surface area (Å²) in [6.07, 6.45) is 2.47. The third kappa shape index (κ3) is 4.52. The van der Waals surface area contributed by atoms with Gasteiger partial charge in [0.1, 0.15) is 11.5 Å². The molecular formula is C16H14BrClFN3O2. The summed E-state index contributed by atoms with van der Waals surface area (Å²) in [5.41, 5.74) is 0.154. The van der Waals surface area contributed by atoms with Crippen molar-refractivity contribution in [1.29, 1.82) is 5.41 Å². The lowest BCUT2D eigenvalue weighted by Crippen LogP contribution is -2.27. The molecule has 0 radical (unpaired) electrons. The van der Waals surface area contributed by atoms with Gasteiger partial charge >= 0.3 is 5.97 Å². The minimum absolute atomic E-state index is 0.116. The minimum Gasteiger partial charge on any atom is -0.328 e. The molecule has 8 heteroatoms. The van der Waals surface area contributed by atoms with Crippen LogP contribution >= 0.6 is 27.5 Å². The number of anilines is 2. The van der Waals surface area contributed by atoms with E-state index in [1.54, 1.807) is 12.1 Å². The summed E-state index contributed by atoms with van der Waals surface area (Å²) in [5, 5.41) is 8.71. The van der Waals surface area contributed by atoms with Gasteiger partial charge in [-0.25, -0.2) is 14.2 Å². The molecule has 0 atom stereocenters. The molecule has 0 fully saturated rings. The van der Waals surface area contributed by atoms with Crippen LogP contribution < -0.4 is 5.06 Å². The van der Waals surface area contributed by atoms with Crippen LogP contribution in [0.3, 0.4) is 0 Å². The Bertz CT molecular complexity index is 755. The molecule has 1 aromatic heterocycles. The maximum absolute atomic E-state index is 13.4. The zero-order chi connectivity index (χ0) is 17.7. The van der Waals surface area contributed by atoms with Crippen LogP contribution in [-0.2, 0) is 9.63 Å². The molecule has 1 aromatic carbocycles. The standard InChI is InChI=1S/C16H14BrClFN3O2/c1-2-3-14(20)16(23)24-22(15-7-4-10(17)9-21-15)11-5-6-13(19)12(18)8-11/h4-9,20H,2-3H2,1H3. The van der Waals surface area contributed by atoms with Crippen molar-refractivity contribution < 1.29 is 14.0 Å². The van der Waals surface area contributed by atoms with Gasteiger partial charge in [-0.2, -0.15) is 5.06 Å². The fraction of sp³-hybridized carbons (Fsp3) is 0.188. The Kier molecular flexibility index (Phi) is 6.28. The van der Waals surface area contributed by atoms with Crippen LogP contribution in [0.1, 0.15) is 19.8 Å². The van der Waals surface area contributed by atoms with E-state index < -0.39 is 11.8 Å². The number of benzene rings is 1. The normalized spacial score (nSPS) is 10.3. The third-order valence-corrected chi connectivity index (χ3v) is 3.74. The number of carbonyl (C=O) groups is 1. The molecule has 0 amide bonds. The number of aromatic nitrogens is 1. The van der Waals surface area contributed by atoms with E-state index in [1.165, 1.54) is 18.3 Å². The van der Waals surface area contributed by atoms with E-state index in [4.69, 9.17) is 21.8 Å². The van der Waals surface area contributed by atoms with Crippen molar-refractivity contribution in [1.82, 2.24) is 4.98 Å². The quantitative estimate of drug-likeness (QED) is 0.530. The maximum atomic E-state index is 13.4. The highest BCUT2D eigenvalue weighted by molar-refractivity contribution is 9.10. The Morgan fingerprint density at radius 1 is 1.42 bits per heavy atom. The summed E-state index contributed by atoms with van der Waals surface area (Å²) in [4.78, 5) is 21.5. The number of halogens is 3. The SMILES string of the molecule is CCCC(=N)C(=O)ON(c1ccc(F)c(Cl)c1)c1ccc(Br)cn1. The van der Waals surface area contributed by atoms with Crippen LogP contribution in [0.2, 0.25) is 5.02 Å². The lowest BCUT2D eigenvalue weighted by Gasteiger charge is -2.22. The fourth-order valence-corrected chi connectivity index (χ4v) is 2.23. The molecule has 0 bridgehead atoms. The van der Waals surface area contributed by atoms with Crippen LogP contribution in [-0.4, -0.2) is 16.7 Å². The predicted molar refractivity (Wildman–Crippen MR) is 94.2 cm³/mol. The average Bonchev–Trinajstić information content (AvgIpc) is 2.56. The first-order valence-electron chi connectivity index (χ1n) is 7.08. The molecule has 2 aromatic rings. The monoisotopic (exact) mass is 413 g/mol. The highest BCUT2D eigenvalue weighted by atomic mass is 79.9. The first kappa shape index (κ1) is 18.4. The Balaban J connectivity index is 2.37. The topological polar surface area (TPSA) is 66.3 Å². The van der Waals surface area contributed by atoms with E-state index in [-0.39, 0.29) is 10.7 Å². The zero-order valence-electron chi connectivity index (χ0n) is 12.7. The van der Waals surface area contributed by atoms with E-state index in [0.717, 1.165) is 15.6 Å². The van der Waals surface area contributed by atoms with Crippen molar-refractivity contribution in [3.8, 4) is 0 Å². The highest BCUT2D eigenvalue weighted by Crippen LogP contribution is 2.29. The summed E-state index contributed by atoms with van der Waals surface area (Å²) >= 11 is 9.08. The summed E-state index contributed by atoms with van der Waals surface area (Å²) in [5.74, 6) is -1.10. The second kappa shape index (κ2) is 8.21. The van der Waals surface area contributed by atoms with Gasteiger partial charge in [0.2, 0.25) is 0 Å². The number of hydrogen-bond acceptors (Lipinski definition) is 5. The lowest BCUT2D eigenvalue weighted by atomic mass is 10.2. The molecule has 0 aliphatic rings. The Morgan fingerprint density at radius 3 is 2.75 bits per heavy atom. The predicted octanol–water partition coefficient (Wildman–Crippen LogP) is 5.05. The molecule has 0 saturated heterocycles. The zero-order valence-corrected chi connectivity index (χ0v) is 15.1. The highest BCUT2D eigenvalue weighted by Gasteiger charge is 2.20. The van der Waals surface area contributed by atoms with Gasteiger partial charge in [-0.15, -0.1) is 0 Å². The summed E-state index contributed by atoms with van der Waals surface area (Å²) in [7, 11) is 0. The van der Waals surface area contributed by atoms with Gasteiger partial charge in [0.15, 0.2) is 5.82 Å². The first-order valence-corrected chi connectivity index (χ1v) is 8.26. The lowest BCUT2D eigenvalue weighted by molar-refractivity contribution is -0.136. The summed E-state index contributed by atoms with van der Waals surface area (Å²) in [6, 6.07) is 7.21. The van der Waals surface area contributed by atoms with Crippen molar-refractivity contribution in [3.63, 3.8) is 0 Å². The van der Waals surface area contributed by atoms with Gasteiger partial charge in [0.05, 0.1) is 10.7 Å². The van der Waals surface area contributed by atoms with E-state index >= 15 is 0 Å². The summed E-state index contributed by atoms with van der Waals surface area (Å²) in [6.45, 7) is 1.86. The molecule has 2 rings (SSSR count). The molecular weight excluding hydrogens is 401 g/mol. The number of nitrogens with zero attached hydrogens (tertiary/aromatic N) is 2. The third-order valence-electron chi connectivity index (χ3n) is 2.98. The second-order valence-corrected chi connectivity index (χ2v) is 6.16. The van der Waals surface area contributed by atoms with Crippen LogP contribution in [0.5, 0.6) is 0 Å². The van der Waals surface area contributed by atoms with E-state index in [1.807, 2.05) is 6.92 Å². The van der Waals surface area contributed by atoms with Gasteiger partial charge in [0, 0.05) is 10.7 Å². The van der Waals surface area contributed by atoms with Crippen molar-refractivity contribution in [2.45, 2.75) is 19.8 Å². The molecule has 0 saturated carbocycles. The Hall–Kier alpha value is -1.99. The molecule has 1 heterocycles. The Morgan fingerprint density at radius 2 is 2.17 bits per heavy atom. The van der Waals surface area contributed by atoms with Crippen molar-refractivity contribution in [2.75, 3.05) is 5.06 Å². The number of rotatable bonds is 6. The van der Waals surface area contributed by atoms with Crippen molar-refractivity contribution >= 4 is 50.7 Å². The van der Waals surface area contributed by atoms with Crippen LogP contribution in [0.25, 0.3) is 0 Å². The van der Waals surface area contributed by atoms with E-state index in [9.17, 15) is 9.18 Å². The minimum atomic E-state index is -0.804. The Labute approximate surface area is 152 Å². The van der Waals surface area contributed by atoms with Crippen molar-refractivity contribution in [3.05, 3.63) is 51.8 Å². The van der Waals surface area contributed by atoms with Crippen LogP contribution in [0.15, 0.2) is 41.0 Å². The number of pyridine rings is 1.